The summed E-state index contributed by atoms with van der Waals surface area (Å²) in [5.41, 5.74) is 0. The van der Waals surface area contributed by atoms with Gasteiger partial charge in [0.25, 0.3) is 0 Å². The van der Waals surface area contributed by atoms with Crippen LogP contribution < -0.4 is 0 Å². The molecule has 0 unspecified atom stereocenters. The van der Waals surface area contributed by atoms with Crippen LogP contribution in [0.25, 0.3) is 0 Å². The molecule has 1 aliphatic rings. The van der Waals surface area contributed by atoms with Crippen molar-refractivity contribution in [3.05, 3.63) is 0 Å². The highest BCUT2D eigenvalue weighted by atomic mass is 16.3. The molecule has 1 rings (SSSR count). The fraction of sp³-hybridized carbons (Fsp3) is 0.917. The van der Waals surface area contributed by atoms with Crippen molar-refractivity contribution >= 4 is 5.84 Å². The molecular formula is C12H24N2O. The van der Waals surface area contributed by atoms with E-state index in [1.54, 1.807) is 0 Å². The molecule has 3 heteroatoms. The quantitative estimate of drug-likeness (QED) is 0.627. The van der Waals surface area contributed by atoms with Crippen LogP contribution in [0.5, 0.6) is 0 Å². The molecule has 0 aromatic carbocycles. The first-order chi connectivity index (χ1) is 7.38. The lowest BCUT2D eigenvalue weighted by atomic mass is 10.1. The van der Waals surface area contributed by atoms with E-state index in [2.05, 4.69) is 11.9 Å². The van der Waals surface area contributed by atoms with Gasteiger partial charge in [-0.2, -0.15) is 0 Å². The molecule has 0 fully saturated rings. The average molecular weight is 212 g/mol. The molecule has 1 aliphatic heterocycles. The summed E-state index contributed by atoms with van der Waals surface area (Å²) in [5.74, 6) is 1.12. The molecule has 0 aliphatic carbocycles. The van der Waals surface area contributed by atoms with Crippen LogP contribution in [0.2, 0.25) is 0 Å². The molecule has 0 amide bonds. The van der Waals surface area contributed by atoms with Gasteiger partial charge in [-0.25, -0.2) is 0 Å². The van der Waals surface area contributed by atoms with E-state index in [0.717, 1.165) is 25.3 Å². The number of aliphatic hydroxyl groups excluding tert-OH is 1. The van der Waals surface area contributed by atoms with E-state index >= 15 is 0 Å². The minimum atomic E-state index is 0.134. The van der Waals surface area contributed by atoms with E-state index < -0.39 is 0 Å². The Hall–Kier alpha value is -0.570. The second kappa shape index (κ2) is 7.69. The predicted molar refractivity (Wildman–Crippen MR) is 64.1 cm³/mol. The van der Waals surface area contributed by atoms with Crippen LogP contribution in [0.4, 0.5) is 0 Å². The van der Waals surface area contributed by atoms with Crippen molar-refractivity contribution < 1.29 is 5.11 Å². The highest BCUT2D eigenvalue weighted by Gasteiger charge is 2.14. The lowest BCUT2D eigenvalue weighted by molar-refractivity contribution is 0.178. The summed E-state index contributed by atoms with van der Waals surface area (Å²) in [6, 6.07) is 0. The normalized spacial score (nSPS) is 15.9. The third kappa shape index (κ3) is 4.65. The van der Waals surface area contributed by atoms with Gasteiger partial charge in [-0.3, -0.25) is 4.99 Å². The number of unbranched alkanes of at least 4 members (excludes halogenated alkanes) is 5. The van der Waals surface area contributed by atoms with E-state index in [1.807, 2.05) is 4.90 Å². The summed E-state index contributed by atoms with van der Waals surface area (Å²) in [7, 11) is 0. The molecule has 0 spiro atoms. The zero-order valence-electron chi connectivity index (χ0n) is 9.91. The molecule has 88 valence electrons. The minimum absolute atomic E-state index is 0.134. The maximum absolute atomic E-state index is 9.05. The van der Waals surface area contributed by atoms with Crippen LogP contribution >= 0.6 is 0 Å². The summed E-state index contributed by atoms with van der Waals surface area (Å²) in [6.45, 7) is 4.15. The van der Waals surface area contributed by atoms with Gasteiger partial charge in [-0.05, 0) is 6.42 Å². The molecule has 15 heavy (non-hydrogen) atoms. The standard InChI is InChI=1S/C12H24N2O/c1-2-3-4-5-6-7-8-12-13-9-10-14(12)11-15/h15H,2-11H2,1H3. The first-order valence-corrected chi connectivity index (χ1v) is 6.27. The third-order valence-electron chi connectivity index (χ3n) is 2.95. The average Bonchev–Trinajstić information content (AvgIpc) is 2.70. The number of hydrogen-bond donors (Lipinski definition) is 1. The van der Waals surface area contributed by atoms with Gasteiger partial charge in [0.1, 0.15) is 12.6 Å². The van der Waals surface area contributed by atoms with Crippen molar-refractivity contribution in [3.8, 4) is 0 Å². The number of nitrogens with zero attached hydrogens (tertiary/aromatic N) is 2. The summed E-state index contributed by atoms with van der Waals surface area (Å²) >= 11 is 0. The van der Waals surface area contributed by atoms with Crippen LogP contribution in [0, 0.1) is 0 Å². The second-order valence-corrected chi connectivity index (χ2v) is 4.22. The highest BCUT2D eigenvalue weighted by molar-refractivity contribution is 5.83. The molecule has 0 saturated carbocycles. The van der Waals surface area contributed by atoms with Crippen molar-refractivity contribution in [2.75, 3.05) is 19.8 Å². The Balaban J connectivity index is 2.00. The first kappa shape index (κ1) is 12.5. The largest absolute Gasteiger partial charge is 0.376 e. The van der Waals surface area contributed by atoms with Gasteiger partial charge in [-0.1, -0.05) is 39.0 Å². The Kier molecular flexibility index (Phi) is 6.41. The van der Waals surface area contributed by atoms with Gasteiger partial charge < -0.3 is 10.0 Å². The molecule has 3 nitrogen and oxygen atoms in total. The second-order valence-electron chi connectivity index (χ2n) is 4.22. The molecule has 0 atom stereocenters. The molecule has 1 heterocycles. The number of rotatable bonds is 8. The zero-order chi connectivity index (χ0) is 10.9. The lowest BCUT2D eigenvalue weighted by Crippen LogP contribution is -2.28. The topological polar surface area (TPSA) is 35.8 Å². The van der Waals surface area contributed by atoms with Crippen LogP contribution in [-0.4, -0.2) is 35.7 Å². The highest BCUT2D eigenvalue weighted by Crippen LogP contribution is 2.11. The van der Waals surface area contributed by atoms with Gasteiger partial charge in [0.05, 0.1) is 6.54 Å². The zero-order valence-corrected chi connectivity index (χ0v) is 9.91. The number of hydrogen-bond acceptors (Lipinski definition) is 3. The maximum atomic E-state index is 9.05. The lowest BCUT2D eigenvalue weighted by Gasteiger charge is -2.16. The Labute approximate surface area is 93.2 Å². The molecule has 0 aromatic rings. The fourth-order valence-electron chi connectivity index (χ4n) is 1.98. The summed E-state index contributed by atoms with van der Waals surface area (Å²) in [5, 5.41) is 9.05. The third-order valence-corrected chi connectivity index (χ3v) is 2.95. The molecule has 0 aromatic heterocycles. The molecule has 0 radical (unpaired) electrons. The Morgan fingerprint density at radius 2 is 1.93 bits per heavy atom. The Morgan fingerprint density at radius 3 is 2.67 bits per heavy atom. The summed E-state index contributed by atoms with van der Waals surface area (Å²) < 4.78 is 0. The van der Waals surface area contributed by atoms with Crippen LogP contribution in [0.15, 0.2) is 4.99 Å². The monoisotopic (exact) mass is 212 g/mol. The van der Waals surface area contributed by atoms with Crippen molar-refractivity contribution in [3.63, 3.8) is 0 Å². The van der Waals surface area contributed by atoms with E-state index in [9.17, 15) is 0 Å². The molecular weight excluding hydrogens is 188 g/mol. The van der Waals surface area contributed by atoms with E-state index in [4.69, 9.17) is 5.11 Å². The van der Waals surface area contributed by atoms with Gasteiger partial charge in [0.15, 0.2) is 0 Å². The van der Waals surface area contributed by atoms with E-state index in [-0.39, 0.29) is 6.73 Å². The van der Waals surface area contributed by atoms with Gasteiger partial charge >= 0.3 is 0 Å². The number of aliphatic hydroxyl groups is 1. The SMILES string of the molecule is CCCCCCCCC1=NCCN1CO. The number of aliphatic imine (C=N–C) groups is 1. The molecule has 0 bridgehead atoms. The Bertz CT molecular complexity index is 192. The molecule has 0 saturated heterocycles. The van der Waals surface area contributed by atoms with Gasteiger partial charge in [-0.15, -0.1) is 0 Å². The fourth-order valence-corrected chi connectivity index (χ4v) is 1.98. The number of amidine groups is 1. The Morgan fingerprint density at radius 1 is 1.20 bits per heavy atom. The van der Waals surface area contributed by atoms with Crippen molar-refractivity contribution in [1.82, 2.24) is 4.90 Å². The summed E-state index contributed by atoms with van der Waals surface area (Å²) in [6.07, 6.45) is 8.96. The maximum Gasteiger partial charge on any atom is 0.116 e. The minimum Gasteiger partial charge on any atom is -0.376 e. The van der Waals surface area contributed by atoms with Crippen LogP contribution in [0.3, 0.4) is 0 Å². The smallest absolute Gasteiger partial charge is 0.116 e. The van der Waals surface area contributed by atoms with E-state index in [0.29, 0.717) is 0 Å². The van der Waals surface area contributed by atoms with Gasteiger partial charge in [0.2, 0.25) is 0 Å². The van der Waals surface area contributed by atoms with Crippen molar-refractivity contribution in [2.45, 2.75) is 51.9 Å². The molecule has 1 N–H and O–H groups in total. The van der Waals surface area contributed by atoms with Crippen LogP contribution in [0.1, 0.15) is 51.9 Å². The van der Waals surface area contributed by atoms with Crippen LogP contribution in [-0.2, 0) is 0 Å². The van der Waals surface area contributed by atoms with Crippen molar-refractivity contribution in [1.29, 1.82) is 0 Å². The predicted octanol–water partition coefficient (Wildman–Crippen LogP) is 2.40. The first-order valence-electron chi connectivity index (χ1n) is 6.27. The van der Waals surface area contributed by atoms with Crippen molar-refractivity contribution in [2.24, 2.45) is 4.99 Å². The summed E-state index contributed by atoms with van der Waals surface area (Å²) in [4.78, 5) is 6.38. The van der Waals surface area contributed by atoms with Gasteiger partial charge in [0, 0.05) is 13.0 Å². The van der Waals surface area contributed by atoms with E-state index in [1.165, 1.54) is 38.5 Å².